The van der Waals surface area contributed by atoms with Crippen LogP contribution < -0.4 is 0 Å². The van der Waals surface area contributed by atoms with Crippen LogP contribution in [0.3, 0.4) is 0 Å². The molecule has 0 aliphatic carbocycles. The van der Waals surface area contributed by atoms with E-state index in [0.717, 1.165) is 49.0 Å². The van der Waals surface area contributed by atoms with E-state index in [0.29, 0.717) is 6.42 Å². The highest BCUT2D eigenvalue weighted by atomic mass is 32.1. The van der Waals surface area contributed by atoms with Gasteiger partial charge in [-0.25, -0.2) is 9.67 Å². The Morgan fingerprint density at radius 2 is 1.93 bits per heavy atom. The zero-order valence-electron chi connectivity index (χ0n) is 15.4. The highest BCUT2D eigenvalue weighted by Gasteiger charge is 2.21. The normalized spacial score (nSPS) is 15.2. The van der Waals surface area contributed by atoms with Crippen LogP contribution in [-0.4, -0.2) is 56.7 Å². The molecular formula is C20H23N5OS. The first-order valence-electron chi connectivity index (χ1n) is 9.18. The van der Waals surface area contributed by atoms with Gasteiger partial charge in [0, 0.05) is 56.2 Å². The Morgan fingerprint density at radius 1 is 1.15 bits per heavy atom. The number of aryl methyl sites for hydroxylation is 1. The van der Waals surface area contributed by atoms with Crippen molar-refractivity contribution in [2.24, 2.45) is 0 Å². The average molecular weight is 382 g/mol. The summed E-state index contributed by atoms with van der Waals surface area (Å²) in [5, 5.41) is 5.33. The molecule has 0 atom stereocenters. The van der Waals surface area contributed by atoms with Crippen molar-refractivity contribution in [3.05, 3.63) is 64.4 Å². The van der Waals surface area contributed by atoms with E-state index in [1.165, 1.54) is 4.88 Å². The number of amides is 1. The Kier molecular flexibility index (Phi) is 5.31. The molecule has 4 rings (SSSR count). The van der Waals surface area contributed by atoms with Crippen molar-refractivity contribution in [2.75, 3.05) is 26.2 Å². The van der Waals surface area contributed by atoms with Crippen LogP contribution in [0.5, 0.6) is 0 Å². The lowest BCUT2D eigenvalue weighted by atomic mass is 10.1. The fourth-order valence-electron chi connectivity index (χ4n) is 3.33. The Balaban J connectivity index is 1.28. The summed E-state index contributed by atoms with van der Waals surface area (Å²) >= 11 is 1.75. The van der Waals surface area contributed by atoms with E-state index in [4.69, 9.17) is 0 Å². The van der Waals surface area contributed by atoms with Gasteiger partial charge in [-0.3, -0.25) is 9.69 Å². The third kappa shape index (κ3) is 4.43. The number of carbonyl (C=O) groups excluding carboxylic acids is 1. The van der Waals surface area contributed by atoms with E-state index in [2.05, 4.69) is 15.0 Å². The minimum absolute atomic E-state index is 0.204. The van der Waals surface area contributed by atoms with E-state index < -0.39 is 0 Å². The Hall–Kier alpha value is -2.51. The van der Waals surface area contributed by atoms with Crippen LogP contribution in [-0.2, 0) is 17.8 Å². The molecule has 140 valence electrons. The van der Waals surface area contributed by atoms with Crippen LogP contribution in [0.15, 0.2) is 48.9 Å². The zero-order valence-corrected chi connectivity index (χ0v) is 16.2. The molecule has 1 aromatic carbocycles. The largest absolute Gasteiger partial charge is 0.340 e. The number of hydrogen-bond donors (Lipinski definition) is 0. The van der Waals surface area contributed by atoms with Gasteiger partial charge in [-0.1, -0.05) is 12.1 Å². The number of piperazine rings is 1. The molecule has 0 bridgehead atoms. The maximum Gasteiger partial charge on any atom is 0.227 e. The van der Waals surface area contributed by atoms with Crippen LogP contribution in [0, 0.1) is 6.92 Å². The van der Waals surface area contributed by atoms with Crippen molar-refractivity contribution in [3.8, 4) is 5.69 Å². The summed E-state index contributed by atoms with van der Waals surface area (Å²) in [5.74, 6) is 0.204. The first-order chi connectivity index (χ1) is 13.2. The van der Waals surface area contributed by atoms with Crippen molar-refractivity contribution in [1.82, 2.24) is 24.6 Å². The third-order valence-corrected chi connectivity index (χ3v) is 5.73. The predicted octanol–water partition coefficient (Wildman–Crippen LogP) is 2.52. The molecule has 2 aromatic heterocycles. The van der Waals surface area contributed by atoms with Crippen LogP contribution >= 0.6 is 11.3 Å². The van der Waals surface area contributed by atoms with E-state index in [1.54, 1.807) is 17.5 Å². The lowest BCUT2D eigenvalue weighted by molar-refractivity contribution is -0.132. The summed E-state index contributed by atoms with van der Waals surface area (Å²) in [6, 6.07) is 9.93. The van der Waals surface area contributed by atoms with Crippen molar-refractivity contribution >= 4 is 17.2 Å². The fourth-order valence-corrected chi connectivity index (χ4v) is 4.17. The summed E-state index contributed by atoms with van der Waals surface area (Å²) in [4.78, 5) is 22.6. The Labute approximate surface area is 163 Å². The Morgan fingerprint density at radius 3 is 2.56 bits per heavy atom. The van der Waals surface area contributed by atoms with E-state index in [-0.39, 0.29) is 5.91 Å². The maximum atomic E-state index is 12.6. The van der Waals surface area contributed by atoms with Gasteiger partial charge in [-0.05, 0) is 30.7 Å². The fraction of sp³-hybridized carbons (Fsp3) is 0.350. The number of aromatic nitrogens is 3. The number of hydrogen-bond acceptors (Lipinski definition) is 5. The van der Waals surface area contributed by atoms with Crippen LogP contribution in [0.1, 0.15) is 15.4 Å². The predicted molar refractivity (Wildman–Crippen MR) is 106 cm³/mol. The van der Waals surface area contributed by atoms with Crippen molar-refractivity contribution in [2.45, 2.75) is 19.9 Å². The molecule has 1 amide bonds. The summed E-state index contributed by atoms with van der Waals surface area (Å²) in [6.07, 6.45) is 6.08. The minimum atomic E-state index is 0.204. The van der Waals surface area contributed by atoms with E-state index in [1.807, 2.05) is 59.2 Å². The summed E-state index contributed by atoms with van der Waals surface area (Å²) in [6.45, 7) is 6.39. The molecule has 0 N–H and O–H groups in total. The molecule has 0 unspecified atom stereocenters. The smallest absolute Gasteiger partial charge is 0.227 e. The van der Waals surface area contributed by atoms with Crippen LogP contribution in [0.2, 0.25) is 0 Å². The minimum Gasteiger partial charge on any atom is -0.340 e. The number of rotatable bonds is 5. The molecule has 27 heavy (non-hydrogen) atoms. The van der Waals surface area contributed by atoms with Crippen LogP contribution in [0.4, 0.5) is 0 Å². The first-order valence-corrected chi connectivity index (χ1v) is 9.99. The second kappa shape index (κ2) is 8.02. The Bertz CT molecular complexity index is 880. The molecule has 6 nitrogen and oxygen atoms in total. The average Bonchev–Trinajstić information content (AvgIpc) is 3.35. The van der Waals surface area contributed by atoms with Gasteiger partial charge < -0.3 is 4.90 Å². The highest BCUT2D eigenvalue weighted by molar-refractivity contribution is 7.11. The van der Waals surface area contributed by atoms with Crippen molar-refractivity contribution < 1.29 is 4.79 Å². The van der Waals surface area contributed by atoms with Gasteiger partial charge in [0.05, 0.1) is 17.1 Å². The zero-order chi connectivity index (χ0) is 18.6. The summed E-state index contributed by atoms with van der Waals surface area (Å²) in [5.41, 5.74) is 2.04. The second-order valence-corrected chi connectivity index (χ2v) is 8.12. The number of benzene rings is 1. The monoisotopic (exact) mass is 381 g/mol. The van der Waals surface area contributed by atoms with Gasteiger partial charge in [-0.15, -0.1) is 11.3 Å². The number of thiazole rings is 1. The van der Waals surface area contributed by atoms with Gasteiger partial charge in [-0.2, -0.15) is 5.10 Å². The molecule has 1 fully saturated rings. The second-order valence-electron chi connectivity index (χ2n) is 6.80. The number of nitrogens with zero attached hydrogens (tertiary/aromatic N) is 5. The van der Waals surface area contributed by atoms with Gasteiger partial charge in [0.15, 0.2) is 0 Å². The molecule has 1 aliphatic rings. The van der Waals surface area contributed by atoms with Gasteiger partial charge >= 0.3 is 0 Å². The van der Waals surface area contributed by atoms with Crippen molar-refractivity contribution in [1.29, 1.82) is 0 Å². The molecule has 1 saturated heterocycles. The van der Waals surface area contributed by atoms with E-state index in [9.17, 15) is 4.79 Å². The summed E-state index contributed by atoms with van der Waals surface area (Å²) < 4.78 is 1.81. The molecule has 7 heteroatoms. The standard InChI is InChI=1S/C20H23N5OS/c1-16-21-14-19(27-16)15-23-9-11-24(12-10-23)20(26)13-17-3-5-18(6-4-17)25-8-2-7-22-25/h2-8,14H,9-13,15H2,1H3. The quantitative estimate of drug-likeness (QED) is 0.682. The first kappa shape index (κ1) is 17.9. The van der Waals surface area contributed by atoms with Crippen molar-refractivity contribution in [3.63, 3.8) is 0 Å². The number of carbonyl (C=O) groups is 1. The highest BCUT2D eigenvalue weighted by Crippen LogP contribution is 2.16. The van der Waals surface area contributed by atoms with Gasteiger partial charge in [0.1, 0.15) is 0 Å². The molecule has 0 saturated carbocycles. The topological polar surface area (TPSA) is 54.3 Å². The summed E-state index contributed by atoms with van der Waals surface area (Å²) in [7, 11) is 0. The maximum absolute atomic E-state index is 12.6. The molecular weight excluding hydrogens is 358 g/mol. The SMILES string of the molecule is Cc1ncc(CN2CCN(C(=O)Cc3ccc(-n4cccn4)cc3)CC2)s1. The van der Waals surface area contributed by atoms with Gasteiger partial charge in [0.25, 0.3) is 0 Å². The van der Waals surface area contributed by atoms with E-state index >= 15 is 0 Å². The molecule has 0 spiro atoms. The molecule has 0 radical (unpaired) electrons. The lowest BCUT2D eigenvalue weighted by Crippen LogP contribution is -2.48. The molecule has 3 heterocycles. The third-order valence-electron chi connectivity index (χ3n) is 4.83. The van der Waals surface area contributed by atoms with Crippen LogP contribution in [0.25, 0.3) is 5.69 Å². The van der Waals surface area contributed by atoms with Gasteiger partial charge in [0.2, 0.25) is 5.91 Å². The molecule has 3 aromatic rings. The molecule has 1 aliphatic heterocycles. The lowest BCUT2D eigenvalue weighted by Gasteiger charge is -2.34.